The van der Waals surface area contributed by atoms with E-state index in [9.17, 15) is 24.0 Å². The summed E-state index contributed by atoms with van der Waals surface area (Å²) in [6.45, 7) is 9.53. The first-order valence-electron chi connectivity index (χ1n) is 11.3. The highest BCUT2D eigenvalue weighted by molar-refractivity contribution is 6.37. The van der Waals surface area contributed by atoms with Crippen molar-refractivity contribution in [3.63, 3.8) is 0 Å². The summed E-state index contributed by atoms with van der Waals surface area (Å²) < 4.78 is 0. The molecule has 1 heterocycles. The Kier molecular flexibility index (Phi) is 8.25. The largest absolute Gasteiger partial charge is 0.363 e. The minimum Gasteiger partial charge on any atom is -0.363 e. The van der Waals surface area contributed by atoms with Gasteiger partial charge in [-0.1, -0.05) is 33.6 Å². The molecule has 0 aromatic carbocycles. The fourth-order valence-electron chi connectivity index (χ4n) is 3.91. The van der Waals surface area contributed by atoms with E-state index in [1.165, 1.54) is 4.90 Å². The summed E-state index contributed by atoms with van der Waals surface area (Å²) in [6, 6.07) is -3.14. The van der Waals surface area contributed by atoms with Gasteiger partial charge in [0.1, 0.15) is 12.1 Å². The van der Waals surface area contributed by atoms with E-state index in [1.807, 2.05) is 34.6 Å². The predicted molar refractivity (Wildman–Crippen MR) is 118 cm³/mol. The van der Waals surface area contributed by atoms with Gasteiger partial charge in [-0.25, -0.2) is 4.79 Å². The lowest BCUT2D eigenvalue weighted by Crippen LogP contribution is -2.60. The van der Waals surface area contributed by atoms with Crippen molar-refractivity contribution in [2.24, 2.45) is 17.1 Å². The second-order valence-corrected chi connectivity index (χ2v) is 10.2. The molecule has 0 bridgehead atoms. The molecule has 1 aliphatic heterocycles. The SMILES string of the molecule is CC(C)NC(=O)NC(C(=O)N1CCC[C@H]1C(=O)NC(CC1CC1)C(=O)C(N)=O)C(C)(C)C. The molecule has 10 heteroatoms. The van der Waals surface area contributed by atoms with Gasteiger partial charge < -0.3 is 26.6 Å². The van der Waals surface area contributed by atoms with Gasteiger partial charge in [0.15, 0.2) is 0 Å². The zero-order chi connectivity index (χ0) is 24.2. The number of urea groups is 1. The van der Waals surface area contributed by atoms with Crippen molar-refractivity contribution in [1.82, 2.24) is 20.9 Å². The van der Waals surface area contributed by atoms with Gasteiger partial charge >= 0.3 is 6.03 Å². The lowest BCUT2D eigenvalue weighted by molar-refractivity contribution is -0.143. The molecule has 0 spiro atoms. The van der Waals surface area contributed by atoms with E-state index >= 15 is 0 Å². The van der Waals surface area contributed by atoms with E-state index in [0.29, 0.717) is 31.7 Å². The normalized spacial score (nSPS) is 20.4. The number of likely N-dealkylation sites (tertiary alicyclic amines) is 1. The molecular formula is C22H37N5O5. The van der Waals surface area contributed by atoms with E-state index in [2.05, 4.69) is 16.0 Å². The van der Waals surface area contributed by atoms with Gasteiger partial charge in [0, 0.05) is 12.6 Å². The second-order valence-electron chi connectivity index (χ2n) is 10.2. The molecule has 3 atom stereocenters. The summed E-state index contributed by atoms with van der Waals surface area (Å²) in [6.07, 6.45) is 3.33. The van der Waals surface area contributed by atoms with Crippen LogP contribution in [0.2, 0.25) is 0 Å². The quantitative estimate of drug-likeness (QED) is 0.375. The number of nitrogens with two attached hydrogens (primary N) is 1. The average Bonchev–Trinajstić information content (AvgIpc) is 3.34. The number of rotatable bonds is 9. The van der Waals surface area contributed by atoms with Crippen LogP contribution in [-0.2, 0) is 19.2 Å². The Morgan fingerprint density at radius 2 is 1.62 bits per heavy atom. The van der Waals surface area contributed by atoms with Gasteiger partial charge in [-0.05, 0) is 44.4 Å². The summed E-state index contributed by atoms with van der Waals surface area (Å²) in [4.78, 5) is 63.8. The summed E-state index contributed by atoms with van der Waals surface area (Å²) in [5.74, 6) is -2.44. The van der Waals surface area contributed by atoms with Crippen LogP contribution in [0.25, 0.3) is 0 Å². The van der Waals surface area contributed by atoms with Crippen LogP contribution < -0.4 is 21.7 Å². The molecule has 180 valence electrons. The van der Waals surface area contributed by atoms with Crippen molar-refractivity contribution in [2.75, 3.05) is 6.54 Å². The highest BCUT2D eigenvalue weighted by atomic mass is 16.2. The molecule has 2 unspecified atom stereocenters. The average molecular weight is 452 g/mol. The van der Waals surface area contributed by atoms with Crippen LogP contribution in [0.5, 0.6) is 0 Å². The number of amides is 5. The smallest absolute Gasteiger partial charge is 0.315 e. The van der Waals surface area contributed by atoms with Crippen LogP contribution in [0.15, 0.2) is 0 Å². The Morgan fingerprint density at radius 1 is 1.00 bits per heavy atom. The Balaban J connectivity index is 2.14. The molecule has 2 fully saturated rings. The molecule has 2 aliphatic rings. The first-order chi connectivity index (χ1) is 14.8. The number of hydrogen-bond donors (Lipinski definition) is 4. The second kappa shape index (κ2) is 10.3. The molecule has 1 saturated carbocycles. The van der Waals surface area contributed by atoms with Gasteiger partial charge in [0.2, 0.25) is 17.6 Å². The van der Waals surface area contributed by atoms with E-state index in [4.69, 9.17) is 5.73 Å². The van der Waals surface area contributed by atoms with E-state index < -0.39 is 47.2 Å². The van der Waals surface area contributed by atoms with Gasteiger partial charge in [0.05, 0.1) is 6.04 Å². The molecule has 5 amide bonds. The molecule has 10 nitrogen and oxygen atoms in total. The highest BCUT2D eigenvalue weighted by Crippen LogP contribution is 2.34. The standard InChI is InChI=1S/C22H37N5O5/c1-12(2)24-21(32)26-17(22(3,4)5)20(31)27-10-6-7-15(27)19(30)25-14(11-13-8-9-13)16(28)18(23)29/h12-15,17H,6-11H2,1-5H3,(H2,23,29)(H,25,30)(H2,24,26,32)/t14?,15-,17?/m0/s1. The van der Waals surface area contributed by atoms with Crippen LogP contribution in [0, 0.1) is 11.3 Å². The number of carbonyl (C=O) groups excluding carboxylic acids is 5. The number of carbonyl (C=O) groups is 5. The Labute approximate surface area is 189 Å². The highest BCUT2D eigenvalue weighted by Gasteiger charge is 2.43. The van der Waals surface area contributed by atoms with Crippen molar-refractivity contribution in [3.8, 4) is 0 Å². The fraction of sp³-hybridized carbons (Fsp3) is 0.773. The number of hydrogen-bond acceptors (Lipinski definition) is 5. The Morgan fingerprint density at radius 3 is 2.12 bits per heavy atom. The predicted octanol–water partition coefficient (Wildman–Crippen LogP) is 0.439. The monoisotopic (exact) mass is 451 g/mol. The van der Waals surface area contributed by atoms with Crippen molar-refractivity contribution in [3.05, 3.63) is 0 Å². The molecule has 1 saturated heterocycles. The minimum absolute atomic E-state index is 0.0952. The third-order valence-corrected chi connectivity index (χ3v) is 5.79. The topological polar surface area (TPSA) is 151 Å². The molecule has 0 aromatic heterocycles. The summed E-state index contributed by atoms with van der Waals surface area (Å²) in [7, 11) is 0. The Hall–Kier alpha value is -2.65. The first kappa shape index (κ1) is 25.6. The first-order valence-corrected chi connectivity index (χ1v) is 11.3. The van der Waals surface area contributed by atoms with Crippen LogP contribution in [0.4, 0.5) is 4.79 Å². The van der Waals surface area contributed by atoms with Crippen LogP contribution >= 0.6 is 0 Å². The summed E-state index contributed by atoms with van der Waals surface area (Å²) in [5, 5.41) is 8.12. The minimum atomic E-state index is -1.08. The molecule has 1 aliphatic carbocycles. The molecule has 2 rings (SSSR count). The molecule has 32 heavy (non-hydrogen) atoms. The zero-order valence-corrected chi connectivity index (χ0v) is 19.7. The number of primary amides is 1. The molecule has 0 radical (unpaired) electrons. The maximum atomic E-state index is 13.4. The fourth-order valence-corrected chi connectivity index (χ4v) is 3.91. The van der Waals surface area contributed by atoms with Crippen molar-refractivity contribution in [2.45, 2.75) is 90.9 Å². The molecular weight excluding hydrogens is 414 g/mol. The van der Waals surface area contributed by atoms with Gasteiger partial charge in [-0.2, -0.15) is 0 Å². The van der Waals surface area contributed by atoms with Crippen molar-refractivity contribution < 1.29 is 24.0 Å². The number of Topliss-reactive ketones (excluding diaryl/α,β-unsaturated/α-hetero) is 1. The maximum absolute atomic E-state index is 13.4. The lowest BCUT2D eigenvalue weighted by atomic mass is 9.85. The maximum Gasteiger partial charge on any atom is 0.315 e. The van der Waals surface area contributed by atoms with Crippen LogP contribution in [0.1, 0.15) is 66.7 Å². The van der Waals surface area contributed by atoms with Gasteiger partial charge in [-0.3, -0.25) is 19.2 Å². The lowest BCUT2D eigenvalue weighted by Gasteiger charge is -2.35. The van der Waals surface area contributed by atoms with E-state index in [1.54, 1.807) is 0 Å². The molecule has 0 aromatic rings. The number of nitrogens with one attached hydrogen (secondary N) is 3. The third kappa shape index (κ3) is 6.93. The van der Waals surface area contributed by atoms with Crippen LogP contribution in [0.3, 0.4) is 0 Å². The summed E-state index contributed by atoms with van der Waals surface area (Å²) in [5.41, 5.74) is 4.56. The summed E-state index contributed by atoms with van der Waals surface area (Å²) >= 11 is 0. The van der Waals surface area contributed by atoms with E-state index in [0.717, 1.165) is 12.8 Å². The number of nitrogens with zero attached hydrogens (tertiary/aromatic N) is 1. The Bertz CT molecular complexity index is 756. The van der Waals surface area contributed by atoms with Gasteiger partial charge in [-0.15, -0.1) is 0 Å². The number of ketones is 1. The zero-order valence-electron chi connectivity index (χ0n) is 19.7. The van der Waals surface area contributed by atoms with Crippen molar-refractivity contribution >= 4 is 29.5 Å². The third-order valence-electron chi connectivity index (χ3n) is 5.79. The molecule has 5 N–H and O–H groups in total. The van der Waals surface area contributed by atoms with Gasteiger partial charge in [0.25, 0.3) is 5.91 Å². The van der Waals surface area contributed by atoms with Crippen LogP contribution in [-0.4, -0.2) is 65.1 Å². The van der Waals surface area contributed by atoms with E-state index in [-0.39, 0.29) is 11.9 Å². The van der Waals surface area contributed by atoms with Crippen molar-refractivity contribution in [1.29, 1.82) is 0 Å².